The quantitative estimate of drug-likeness (QED) is 0.195. The largest absolute Gasteiger partial charge is 0.494 e. The van der Waals surface area contributed by atoms with Gasteiger partial charge in [0.15, 0.2) is 10.8 Å². The summed E-state index contributed by atoms with van der Waals surface area (Å²) in [5.41, 5.74) is 2.90. The van der Waals surface area contributed by atoms with E-state index in [1.165, 1.54) is 41.9 Å². The Hall–Kier alpha value is -3.30. The number of unbranched alkanes of at least 4 members (excludes halogenated alkanes) is 4. The van der Waals surface area contributed by atoms with Crippen LogP contribution in [0, 0.1) is 6.92 Å². The number of benzene rings is 2. The highest BCUT2D eigenvalue weighted by molar-refractivity contribution is 8.00. The molecule has 0 bridgehead atoms. The minimum atomic E-state index is -0.294. The molecule has 1 unspecified atom stereocenters. The molecule has 1 amide bonds. The van der Waals surface area contributed by atoms with Crippen molar-refractivity contribution in [2.24, 2.45) is 0 Å². The first-order valence-corrected chi connectivity index (χ1v) is 14.4. The molecule has 1 aliphatic heterocycles. The fourth-order valence-corrected chi connectivity index (χ4v) is 6.15. The number of aryl methyl sites for hydroxylation is 1. The summed E-state index contributed by atoms with van der Waals surface area (Å²) < 4.78 is 11.1. The first kappa shape index (κ1) is 25.4. The Morgan fingerprint density at radius 3 is 2.68 bits per heavy atom. The second kappa shape index (κ2) is 11.8. The van der Waals surface area contributed by atoms with Gasteiger partial charge < -0.3 is 14.6 Å². The number of carbonyl (C=O) groups excluding carboxylic acids is 1. The average molecular weight is 535 g/mol. The topological polar surface area (TPSA) is 80.5 Å². The molecule has 3 heterocycles. The molecule has 0 spiro atoms. The van der Waals surface area contributed by atoms with Gasteiger partial charge in [-0.2, -0.15) is 0 Å². The summed E-state index contributed by atoms with van der Waals surface area (Å²) in [6, 6.07) is 17.4. The van der Waals surface area contributed by atoms with Crippen LogP contribution in [0.1, 0.15) is 66.3 Å². The first-order valence-electron chi connectivity index (χ1n) is 12.6. The summed E-state index contributed by atoms with van der Waals surface area (Å²) in [5, 5.41) is 10.0. The fraction of sp³-hybridized carbons (Fsp3) is 0.321. The molecule has 192 valence electrons. The Balaban J connectivity index is 1.34. The van der Waals surface area contributed by atoms with Crippen LogP contribution in [0.5, 0.6) is 5.75 Å². The van der Waals surface area contributed by atoms with Crippen molar-refractivity contribution < 1.29 is 14.1 Å². The van der Waals surface area contributed by atoms with Crippen molar-refractivity contribution in [2.75, 3.05) is 16.8 Å². The number of amides is 1. The monoisotopic (exact) mass is 534 g/mol. The molecule has 7 nitrogen and oxygen atoms in total. The van der Waals surface area contributed by atoms with Crippen molar-refractivity contribution in [3.05, 3.63) is 77.1 Å². The SMILES string of the molecule is CCCCCCCOc1ccc(N(C(=O)c2cc(C)on2)c2nc(C3Nc4ccccc4S3)cs2)cc1. The Kier molecular flexibility index (Phi) is 8.11. The predicted molar refractivity (Wildman–Crippen MR) is 149 cm³/mol. The smallest absolute Gasteiger partial charge is 0.286 e. The number of ether oxygens (including phenoxy) is 1. The highest BCUT2D eigenvalue weighted by Crippen LogP contribution is 2.47. The van der Waals surface area contributed by atoms with Crippen LogP contribution in [0.3, 0.4) is 0 Å². The van der Waals surface area contributed by atoms with E-state index in [1.807, 2.05) is 41.8 Å². The minimum absolute atomic E-state index is 0.0123. The summed E-state index contributed by atoms with van der Waals surface area (Å²) in [6.45, 7) is 4.67. The van der Waals surface area contributed by atoms with E-state index in [1.54, 1.807) is 29.7 Å². The lowest BCUT2D eigenvalue weighted by atomic mass is 10.2. The molecule has 0 saturated carbocycles. The summed E-state index contributed by atoms with van der Waals surface area (Å²) in [7, 11) is 0. The number of nitrogens with zero attached hydrogens (tertiary/aromatic N) is 3. The molecule has 2 aromatic heterocycles. The number of carbonyl (C=O) groups is 1. The van der Waals surface area contributed by atoms with E-state index < -0.39 is 0 Å². The molecule has 0 radical (unpaired) electrons. The van der Waals surface area contributed by atoms with Crippen molar-refractivity contribution >= 4 is 45.5 Å². The maximum atomic E-state index is 13.6. The average Bonchev–Trinajstić information content (AvgIpc) is 3.66. The summed E-state index contributed by atoms with van der Waals surface area (Å²) >= 11 is 3.15. The van der Waals surface area contributed by atoms with Crippen LogP contribution in [-0.2, 0) is 0 Å². The van der Waals surface area contributed by atoms with Crippen molar-refractivity contribution in [3.63, 3.8) is 0 Å². The van der Waals surface area contributed by atoms with Crippen LogP contribution < -0.4 is 15.0 Å². The van der Waals surface area contributed by atoms with Crippen molar-refractivity contribution in [2.45, 2.75) is 56.2 Å². The van der Waals surface area contributed by atoms with Gasteiger partial charge >= 0.3 is 0 Å². The lowest BCUT2D eigenvalue weighted by molar-refractivity contribution is 0.0990. The number of fused-ring (bicyclic) bond motifs is 1. The molecule has 9 heteroatoms. The van der Waals surface area contributed by atoms with Crippen LogP contribution in [0.2, 0.25) is 0 Å². The van der Waals surface area contributed by atoms with E-state index >= 15 is 0 Å². The van der Waals surface area contributed by atoms with Gasteiger partial charge in [0.1, 0.15) is 16.9 Å². The van der Waals surface area contributed by atoms with Gasteiger partial charge in [0.05, 0.1) is 18.0 Å². The molecule has 1 aliphatic rings. The van der Waals surface area contributed by atoms with Crippen molar-refractivity contribution in [1.82, 2.24) is 10.1 Å². The summed E-state index contributed by atoms with van der Waals surface area (Å²) in [6.07, 6.45) is 5.96. The Morgan fingerprint density at radius 2 is 1.92 bits per heavy atom. The first-order chi connectivity index (χ1) is 18.1. The van der Waals surface area contributed by atoms with Crippen LogP contribution in [0.4, 0.5) is 16.5 Å². The van der Waals surface area contributed by atoms with Crippen LogP contribution in [-0.4, -0.2) is 22.7 Å². The van der Waals surface area contributed by atoms with Gasteiger partial charge in [-0.05, 0) is 49.7 Å². The third kappa shape index (κ3) is 5.99. The van der Waals surface area contributed by atoms with E-state index in [0.29, 0.717) is 23.2 Å². The lowest BCUT2D eigenvalue weighted by Gasteiger charge is -2.19. The highest BCUT2D eigenvalue weighted by atomic mass is 32.2. The second-order valence-corrected chi connectivity index (χ2v) is 10.9. The van der Waals surface area contributed by atoms with Gasteiger partial charge in [-0.3, -0.25) is 9.69 Å². The molecule has 1 atom stereocenters. The van der Waals surface area contributed by atoms with Crippen molar-refractivity contribution in [1.29, 1.82) is 0 Å². The van der Waals surface area contributed by atoms with Crippen LogP contribution in [0.15, 0.2) is 69.4 Å². The third-order valence-corrected chi connectivity index (χ3v) is 8.10. The van der Waals surface area contributed by atoms with Gasteiger partial charge in [0.2, 0.25) is 0 Å². The van der Waals surface area contributed by atoms with Gasteiger partial charge in [-0.25, -0.2) is 4.98 Å². The maximum Gasteiger partial charge on any atom is 0.286 e. The molecular weight excluding hydrogens is 504 g/mol. The van der Waals surface area contributed by atoms with E-state index in [4.69, 9.17) is 14.2 Å². The van der Waals surface area contributed by atoms with E-state index in [2.05, 4.69) is 29.5 Å². The Labute approximate surface area is 225 Å². The van der Waals surface area contributed by atoms with Gasteiger partial charge in [-0.15, -0.1) is 11.3 Å². The zero-order valence-corrected chi connectivity index (χ0v) is 22.6. The normalized spacial score (nSPS) is 14.3. The minimum Gasteiger partial charge on any atom is -0.494 e. The fourth-order valence-electron chi connectivity index (χ4n) is 4.10. The molecule has 0 aliphatic carbocycles. The maximum absolute atomic E-state index is 13.6. The standard InChI is InChI=1S/C28H30N4O3S2/c1-3-4-5-6-9-16-34-21-14-12-20(13-15-21)32(27(33)23-17-19(2)35-31-23)28-30-24(18-36-28)26-29-22-10-7-8-11-25(22)37-26/h7-8,10-15,17-18,26,29H,3-6,9,16H2,1-2H3. The molecular formula is C28H30N4O3S2. The van der Waals surface area contributed by atoms with E-state index in [0.717, 1.165) is 23.6 Å². The Bertz CT molecular complexity index is 1310. The lowest BCUT2D eigenvalue weighted by Crippen LogP contribution is -2.26. The molecule has 4 aromatic rings. The molecule has 37 heavy (non-hydrogen) atoms. The Morgan fingerprint density at radius 1 is 1.11 bits per heavy atom. The molecule has 0 fully saturated rings. The molecule has 2 aromatic carbocycles. The number of thiazole rings is 1. The number of anilines is 3. The number of para-hydroxylation sites is 1. The van der Waals surface area contributed by atoms with Crippen LogP contribution in [0.25, 0.3) is 0 Å². The van der Waals surface area contributed by atoms with Crippen LogP contribution >= 0.6 is 23.1 Å². The molecule has 5 rings (SSSR count). The highest BCUT2D eigenvalue weighted by Gasteiger charge is 2.29. The molecule has 0 saturated heterocycles. The van der Waals surface area contributed by atoms with Gasteiger partial charge in [0, 0.05) is 22.0 Å². The number of rotatable bonds is 11. The van der Waals surface area contributed by atoms with Crippen molar-refractivity contribution in [3.8, 4) is 5.75 Å². The number of hydrogen-bond acceptors (Lipinski definition) is 8. The van der Waals surface area contributed by atoms with Gasteiger partial charge in [0.25, 0.3) is 5.91 Å². The van der Waals surface area contributed by atoms with E-state index in [-0.39, 0.29) is 17.0 Å². The number of hydrogen-bond donors (Lipinski definition) is 1. The number of nitrogens with one attached hydrogen (secondary N) is 1. The number of thioether (sulfide) groups is 1. The summed E-state index contributed by atoms with van der Waals surface area (Å²) in [5.74, 6) is 1.07. The zero-order chi connectivity index (χ0) is 25.6. The second-order valence-electron chi connectivity index (χ2n) is 8.91. The number of aromatic nitrogens is 2. The zero-order valence-electron chi connectivity index (χ0n) is 21.0. The summed E-state index contributed by atoms with van der Waals surface area (Å²) in [4.78, 5) is 21.2. The van der Waals surface area contributed by atoms with Gasteiger partial charge in [-0.1, -0.05) is 61.7 Å². The van der Waals surface area contributed by atoms with E-state index in [9.17, 15) is 4.79 Å². The predicted octanol–water partition coefficient (Wildman–Crippen LogP) is 7.98. The third-order valence-electron chi connectivity index (χ3n) is 6.05. The molecule has 1 N–H and O–H groups in total.